The second-order valence-electron chi connectivity index (χ2n) is 3.81. The Hall–Kier alpha value is -2.13. The van der Waals surface area contributed by atoms with Crippen molar-refractivity contribution in [2.45, 2.75) is 0 Å². The molecule has 3 rings (SSSR count). The first-order valence-corrected chi connectivity index (χ1v) is 5.76. The zero-order chi connectivity index (χ0) is 12.5. The van der Waals surface area contributed by atoms with Crippen molar-refractivity contribution in [3.05, 3.63) is 65.2 Å². The van der Waals surface area contributed by atoms with Crippen LogP contribution in [0.4, 0.5) is 0 Å². The molecule has 88 valence electrons. The Morgan fingerprint density at radius 2 is 2.00 bits per heavy atom. The number of nitrogens with zero attached hydrogens (tertiary/aromatic N) is 1. The second kappa shape index (κ2) is 4.27. The van der Waals surface area contributed by atoms with E-state index < -0.39 is 0 Å². The van der Waals surface area contributed by atoms with Crippen molar-refractivity contribution in [1.82, 2.24) is 4.98 Å². The van der Waals surface area contributed by atoms with E-state index >= 15 is 0 Å². The highest BCUT2D eigenvalue weighted by atomic mass is 35.5. The number of ketones is 1. The molecule has 0 radical (unpaired) electrons. The van der Waals surface area contributed by atoms with Crippen LogP contribution in [0.15, 0.2) is 53.3 Å². The Balaban J connectivity index is 2.21. The zero-order valence-corrected chi connectivity index (χ0v) is 10.0. The fourth-order valence-electron chi connectivity index (χ4n) is 1.90. The van der Waals surface area contributed by atoms with Crippen LogP contribution in [0.5, 0.6) is 0 Å². The first-order chi connectivity index (χ1) is 8.77. The smallest absolute Gasteiger partial charge is 0.204 e. The molecular formula is C14H8ClNO2. The lowest BCUT2D eigenvalue weighted by atomic mass is 10.0. The van der Waals surface area contributed by atoms with E-state index in [0.717, 1.165) is 10.9 Å². The first kappa shape index (κ1) is 11.0. The lowest BCUT2D eigenvalue weighted by Crippen LogP contribution is -2.01. The van der Waals surface area contributed by atoms with Gasteiger partial charge in [0, 0.05) is 17.1 Å². The molecule has 18 heavy (non-hydrogen) atoms. The lowest BCUT2D eigenvalue weighted by Gasteiger charge is -2.03. The van der Waals surface area contributed by atoms with Gasteiger partial charge in [-0.1, -0.05) is 18.2 Å². The molecule has 0 atom stereocenters. The molecule has 0 aliphatic rings. The van der Waals surface area contributed by atoms with E-state index in [9.17, 15) is 4.79 Å². The third-order valence-corrected chi connectivity index (χ3v) is 3.05. The predicted octanol–water partition coefficient (Wildman–Crippen LogP) is 3.71. The first-order valence-electron chi connectivity index (χ1n) is 5.39. The third-order valence-electron chi connectivity index (χ3n) is 2.75. The van der Waals surface area contributed by atoms with Crippen molar-refractivity contribution < 1.29 is 9.21 Å². The van der Waals surface area contributed by atoms with Crippen LogP contribution in [-0.4, -0.2) is 10.8 Å². The fraction of sp³-hybridized carbons (Fsp3) is 0. The number of hydrogen-bond donors (Lipinski definition) is 0. The van der Waals surface area contributed by atoms with Gasteiger partial charge in [-0.3, -0.25) is 9.78 Å². The summed E-state index contributed by atoms with van der Waals surface area (Å²) >= 11 is 5.83. The minimum Gasteiger partial charge on any atom is -0.452 e. The van der Waals surface area contributed by atoms with Crippen molar-refractivity contribution in [2.24, 2.45) is 0 Å². The molecule has 0 saturated heterocycles. The molecule has 0 fully saturated rings. The Kier molecular flexibility index (Phi) is 2.61. The third kappa shape index (κ3) is 1.69. The number of aromatic nitrogens is 1. The molecule has 0 unspecified atom stereocenters. The molecule has 2 heterocycles. The number of fused-ring (bicyclic) bond motifs is 1. The molecule has 0 bridgehead atoms. The fourth-order valence-corrected chi connectivity index (χ4v) is 2.10. The van der Waals surface area contributed by atoms with E-state index in [2.05, 4.69) is 4.98 Å². The van der Waals surface area contributed by atoms with Gasteiger partial charge in [0.25, 0.3) is 0 Å². The van der Waals surface area contributed by atoms with Gasteiger partial charge in [-0.2, -0.15) is 0 Å². The van der Waals surface area contributed by atoms with Crippen molar-refractivity contribution in [2.75, 3.05) is 0 Å². The molecule has 1 aromatic carbocycles. The monoisotopic (exact) mass is 257 g/mol. The Morgan fingerprint density at radius 1 is 1.11 bits per heavy atom. The number of carbonyl (C=O) groups is 1. The van der Waals surface area contributed by atoms with Gasteiger partial charge >= 0.3 is 0 Å². The maximum atomic E-state index is 12.4. The Bertz CT molecular complexity index is 728. The van der Waals surface area contributed by atoms with Crippen LogP contribution in [-0.2, 0) is 0 Å². The average molecular weight is 258 g/mol. The second-order valence-corrected chi connectivity index (χ2v) is 4.16. The van der Waals surface area contributed by atoms with Crippen molar-refractivity contribution >= 4 is 28.3 Å². The van der Waals surface area contributed by atoms with E-state index in [1.165, 1.54) is 6.26 Å². The van der Waals surface area contributed by atoms with Gasteiger partial charge in [-0.15, -0.1) is 0 Å². The number of benzene rings is 1. The van der Waals surface area contributed by atoms with Crippen LogP contribution in [0.1, 0.15) is 15.9 Å². The largest absolute Gasteiger partial charge is 0.452 e. The van der Waals surface area contributed by atoms with Gasteiger partial charge in [0.2, 0.25) is 5.22 Å². The van der Waals surface area contributed by atoms with Gasteiger partial charge in [0.05, 0.1) is 17.3 Å². The standard InChI is InChI=1S/C14H8ClNO2/c15-14-11(6-8-18-14)13(17)10-3-1-5-12-9(10)4-2-7-16-12/h1-8H. The number of carbonyl (C=O) groups excluding carboxylic acids is 1. The van der Waals surface area contributed by atoms with Crippen LogP contribution < -0.4 is 0 Å². The SMILES string of the molecule is O=C(c1ccoc1Cl)c1cccc2ncccc12. The van der Waals surface area contributed by atoms with Crippen LogP contribution in [0, 0.1) is 0 Å². The lowest BCUT2D eigenvalue weighted by molar-refractivity contribution is 0.104. The summed E-state index contributed by atoms with van der Waals surface area (Å²) < 4.78 is 4.95. The molecule has 0 amide bonds. The van der Waals surface area contributed by atoms with Crippen LogP contribution in [0.25, 0.3) is 10.9 Å². The van der Waals surface area contributed by atoms with Crippen molar-refractivity contribution in [3.8, 4) is 0 Å². The molecule has 0 N–H and O–H groups in total. The van der Waals surface area contributed by atoms with Gasteiger partial charge < -0.3 is 4.42 Å². The molecule has 0 aliphatic heterocycles. The van der Waals surface area contributed by atoms with Gasteiger partial charge in [0.1, 0.15) is 0 Å². The predicted molar refractivity (Wildman–Crippen MR) is 68.9 cm³/mol. The van der Waals surface area contributed by atoms with Crippen molar-refractivity contribution in [3.63, 3.8) is 0 Å². The summed E-state index contributed by atoms with van der Waals surface area (Å²) in [4.78, 5) is 16.6. The van der Waals surface area contributed by atoms with Gasteiger partial charge in [0.15, 0.2) is 5.78 Å². The normalized spacial score (nSPS) is 10.7. The molecule has 3 aromatic rings. The molecule has 2 aromatic heterocycles. The van der Waals surface area contributed by atoms with Crippen LogP contribution in [0.3, 0.4) is 0 Å². The van der Waals surface area contributed by atoms with E-state index in [-0.39, 0.29) is 11.0 Å². The molecule has 0 saturated carbocycles. The summed E-state index contributed by atoms with van der Waals surface area (Å²) in [6.07, 6.45) is 3.10. The number of halogens is 1. The summed E-state index contributed by atoms with van der Waals surface area (Å²) in [5.74, 6) is -0.160. The Morgan fingerprint density at radius 3 is 2.78 bits per heavy atom. The summed E-state index contributed by atoms with van der Waals surface area (Å²) in [5.41, 5.74) is 1.72. The van der Waals surface area contributed by atoms with Crippen LogP contribution >= 0.6 is 11.6 Å². The van der Waals surface area contributed by atoms with Gasteiger partial charge in [-0.05, 0) is 29.8 Å². The Labute approximate surface area is 108 Å². The molecule has 4 heteroatoms. The molecule has 0 aliphatic carbocycles. The average Bonchev–Trinajstić information content (AvgIpc) is 2.83. The van der Waals surface area contributed by atoms with E-state index in [1.54, 1.807) is 30.5 Å². The summed E-state index contributed by atoms with van der Waals surface area (Å²) in [6.45, 7) is 0. The zero-order valence-electron chi connectivity index (χ0n) is 9.26. The summed E-state index contributed by atoms with van der Waals surface area (Å²) in [5, 5.41) is 0.920. The highest BCUT2D eigenvalue weighted by Gasteiger charge is 2.17. The minimum absolute atomic E-state index is 0.112. The maximum Gasteiger partial charge on any atom is 0.204 e. The minimum atomic E-state index is -0.160. The topological polar surface area (TPSA) is 43.1 Å². The maximum absolute atomic E-state index is 12.4. The van der Waals surface area contributed by atoms with Gasteiger partial charge in [-0.25, -0.2) is 0 Å². The van der Waals surface area contributed by atoms with E-state index in [0.29, 0.717) is 11.1 Å². The van der Waals surface area contributed by atoms with Crippen LogP contribution in [0.2, 0.25) is 5.22 Å². The van der Waals surface area contributed by atoms with E-state index in [4.69, 9.17) is 16.0 Å². The quantitative estimate of drug-likeness (QED) is 0.657. The van der Waals surface area contributed by atoms with E-state index in [1.807, 2.05) is 12.1 Å². The number of furan rings is 1. The number of rotatable bonds is 2. The molecule has 3 nitrogen and oxygen atoms in total. The highest BCUT2D eigenvalue weighted by Crippen LogP contribution is 2.24. The molecular weight excluding hydrogens is 250 g/mol. The summed E-state index contributed by atoms with van der Waals surface area (Å²) in [7, 11) is 0. The molecule has 0 spiro atoms. The number of pyridine rings is 1. The van der Waals surface area contributed by atoms with Crippen molar-refractivity contribution in [1.29, 1.82) is 0 Å². The number of hydrogen-bond acceptors (Lipinski definition) is 3. The highest BCUT2D eigenvalue weighted by molar-refractivity contribution is 6.34. The summed E-state index contributed by atoms with van der Waals surface area (Å²) in [6, 6.07) is 10.7.